The monoisotopic (exact) mass is 438 g/mol. The van der Waals surface area contributed by atoms with Crippen LogP contribution in [0.3, 0.4) is 0 Å². The first-order valence-electron chi connectivity index (χ1n) is 11.3. The van der Waals surface area contributed by atoms with E-state index in [1.807, 2.05) is 71.6 Å². The van der Waals surface area contributed by atoms with E-state index >= 15 is 0 Å². The van der Waals surface area contributed by atoms with E-state index in [4.69, 9.17) is 4.74 Å². The molecule has 6 nitrogen and oxygen atoms in total. The number of unbranched alkanes of at least 4 members (excludes halogenated alkanes) is 1. The Bertz CT molecular complexity index is 1220. The van der Waals surface area contributed by atoms with Crippen LogP contribution in [-0.2, 0) is 6.54 Å². The first-order chi connectivity index (χ1) is 16.3. The van der Waals surface area contributed by atoms with Gasteiger partial charge in [0.25, 0.3) is 5.91 Å². The number of ether oxygens (including phenoxy) is 1. The number of benzene rings is 2. The third-order valence-corrected chi connectivity index (χ3v) is 5.95. The van der Waals surface area contributed by atoms with Crippen LogP contribution in [0.2, 0.25) is 0 Å². The predicted molar refractivity (Wildman–Crippen MR) is 127 cm³/mol. The van der Waals surface area contributed by atoms with Crippen LogP contribution in [0, 0.1) is 0 Å². The van der Waals surface area contributed by atoms with E-state index in [0.717, 1.165) is 46.5 Å². The van der Waals surface area contributed by atoms with Gasteiger partial charge < -0.3 is 9.64 Å². The minimum absolute atomic E-state index is 0.0585. The number of carbonyl (C=O) groups excluding carboxylic acids is 1. The Labute approximate surface area is 193 Å². The molecule has 4 aromatic rings. The highest BCUT2D eigenvalue weighted by Gasteiger charge is 2.42. The Kier molecular flexibility index (Phi) is 5.89. The average molecular weight is 439 g/mol. The summed E-state index contributed by atoms with van der Waals surface area (Å²) in [5.41, 5.74) is 5.25. The van der Waals surface area contributed by atoms with Gasteiger partial charge in [0, 0.05) is 30.1 Å². The molecule has 166 valence electrons. The molecule has 1 atom stereocenters. The van der Waals surface area contributed by atoms with E-state index in [1.54, 1.807) is 12.4 Å². The first kappa shape index (κ1) is 20.9. The minimum atomic E-state index is -0.258. The van der Waals surface area contributed by atoms with Gasteiger partial charge in [0.2, 0.25) is 0 Å². The van der Waals surface area contributed by atoms with Gasteiger partial charge in [-0.1, -0.05) is 61.9 Å². The summed E-state index contributed by atoms with van der Waals surface area (Å²) in [6, 6.07) is 21.7. The first-order valence-corrected chi connectivity index (χ1v) is 11.3. The average Bonchev–Trinajstić information content (AvgIpc) is 3.40. The number of fused-ring (bicyclic) bond motifs is 1. The molecular weight excluding hydrogens is 412 g/mol. The molecule has 1 unspecified atom stereocenters. The van der Waals surface area contributed by atoms with Gasteiger partial charge in [-0.05, 0) is 35.7 Å². The van der Waals surface area contributed by atoms with E-state index < -0.39 is 0 Å². The molecule has 2 aromatic heterocycles. The predicted octanol–water partition coefficient (Wildman–Crippen LogP) is 5.40. The zero-order chi connectivity index (χ0) is 22.6. The zero-order valence-corrected chi connectivity index (χ0v) is 18.6. The van der Waals surface area contributed by atoms with Crippen molar-refractivity contribution in [1.82, 2.24) is 20.1 Å². The number of carbonyl (C=O) groups is 1. The fraction of sp³-hybridized carbons (Fsp3) is 0.222. The summed E-state index contributed by atoms with van der Waals surface area (Å²) in [4.78, 5) is 19.6. The molecule has 3 heterocycles. The highest BCUT2D eigenvalue weighted by molar-refractivity contribution is 6.00. The number of hydrogen-bond acceptors (Lipinski definition) is 4. The highest BCUT2D eigenvalue weighted by atomic mass is 16.5. The zero-order valence-electron chi connectivity index (χ0n) is 18.6. The Balaban J connectivity index is 1.55. The van der Waals surface area contributed by atoms with E-state index in [0.29, 0.717) is 18.8 Å². The lowest BCUT2D eigenvalue weighted by atomic mass is 9.96. The fourth-order valence-corrected chi connectivity index (χ4v) is 4.29. The van der Waals surface area contributed by atoms with Crippen LogP contribution in [0.15, 0.2) is 79.1 Å². The van der Waals surface area contributed by atoms with Crippen molar-refractivity contribution in [3.8, 4) is 17.0 Å². The smallest absolute Gasteiger partial charge is 0.273 e. The van der Waals surface area contributed by atoms with E-state index in [1.165, 1.54) is 0 Å². The van der Waals surface area contributed by atoms with Gasteiger partial charge in [-0.2, -0.15) is 5.10 Å². The molecular formula is C27H26N4O2. The second-order valence-corrected chi connectivity index (χ2v) is 8.19. The Morgan fingerprint density at radius 2 is 1.85 bits per heavy atom. The maximum atomic E-state index is 13.5. The van der Waals surface area contributed by atoms with Gasteiger partial charge in [-0.3, -0.25) is 14.9 Å². The number of H-pyrrole nitrogens is 1. The SMILES string of the molecule is CCCCOc1ccc(C2c3c(-c4ccccc4)n[nH]c3C(=O)N2Cc2cccnc2)cc1. The molecule has 6 heteroatoms. The molecule has 0 aliphatic carbocycles. The number of nitrogens with zero attached hydrogens (tertiary/aromatic N) is 3. The van der Waals surface area contributed by atoms with Crippen molar-refractivity contribution in [2.45, 2.75) is 32.4 Å². The van der Waals surface area contributed by atoms with Gasteiger partial charge in [-0.15, -0.1) is 0 Å². The summed E-state index contributed by atoms with van der Waals surface area (Å²) in [6.07, 6.45) is 5.66. The molecule has 1 N–H and O–H groups in total. The third kappa shape index (κ3) is 4.12. The van der Waals surface area contributed by atoms with Crippen molar-refractivity contribution < 1.29 is 9.53 Å². The van der Waals surface area contributed by atoms with Gasteiger partial charge in [0.1, 0.15) is 11.4 Å². The van der Waals surface area contributed by atoms with Crippen LogP contribution in [0.4, 0.5) is 0 Å². The quantitative estimate of drug-likeness (QED) is 0.374. The molecule has 33 heavy (non-hydrogen) atoms. The number of amides is 1. The summed E-state index contributed by atoms with van der Waals surface area (Å²) in [5.74, 6) is 0.780. The van der Waals surface area contributed by atoms with Crippen molar-refractivity contribution in [3.05, 3.63) is 102 Å². The van der Waals surface area contributed by atoms with Gasteiger partial charge in [0.05, 0.1) is 18.3 Å². The van der Waals surface area contributed by atoms with Crippen molar-refractivity contribution in [2.75, 3.05) is 6.61 Å². The Morgan fingerprint density at radius 1 is 1.03 bits per heavy atom. The molecule has 1 amide bonds. The van der Waals surface area contributed by atoms with Crippen LogP contribution in [0.5, 0.6) is 5.75 Å². The van der Waals surface area contributed by atoms with Gasteiger partial charge in [-0.25, -0.2) is 0 Å². The second-order valence-electron chi connectivity index (χ2n) is 8.19. The normalized spacial score (nSPS) is 15.0. The lowest BCUT2D eigenvalue weighted by Crippen LogP contribution is -2.29. The number of aromatic amines is 1. The van der Waals surface area contributed by atoms with E-state index in [2.05, 4.69) is 22.1 Å². The number of hydrogen-bond donors (Lipinski definition) is 1. The summed E-state index contributed by atoms with van der Waals surface area (Å²) >= 11 is 0. The molecule has 0 radical (unpaired) electrons. The Hall–Kier alpha value is -3.93. The van der Waals surface area contributed by atoms with Crippen LogP contribution in [0.25, 0.3) is 11.3 Å². The maximum Gasteiger partial charge on any atom is 0.273 e. The molecule has 0 fully saturated rings. The fourth-order valence-electron chi connectivity index (χ4n) is 4.29. The number of aromatic nitrogens is 3. The summed E-state index contributed by atoms with van der Waals surface area (Å²) in [6.45, 7) is 3.31. The van der Waals surface area contributed by atoms with Crippen LogP contribution in [-0.4, -0.2) is 32.6 Å². The molecule has 0 spiro atoms. The van der Waals surface area contributed by atoms with Crippen LogP contribution >= 0.6 is 0 Å². The van der Waals surface area contributed by atoms with Crippen molar-refractivity contribution in [1.29, 1.82) is 0 Å². The standard InChI is InChI=1S/C27H26N4O2/c1-2-3-16-33-22-13-11-21(12-14-22)26-23-24(20-9-5-4-6-10-20)29-30-25(23)27(32)31(26)18-19-8-7-15-28-17-19/h4-15,17,26H,2-3,16,18H2,1H3,(H,29,30). The number of rotatable bonds is 8. The summed E-state index contributed by atoms with van der Waals surface area (Å²) in [7, 11) is 0. The van der Waals surface area contributed by atoms with E-state index in [-0.39, 0.29) is 11.9 Å². The van der Waals surface area contributed by atoms with Crippen LogP contribution in [0.1, 0.15) is 53.0 Å². The number of pyridine rings is 1. The second kappa shape index (κ2) is 9.28. The molecule has 2 aromatic carbocycles. The molecule has 0 saturated carbocycles. The maximum absolute atomic E-state index is 13.5. The molecule has 0 saturated heterocycles. The van der Waals surface area contributed by atoms with Crippen molar-refractivity contribution in [2.24, 2.45) is 0 Å². The Morgan fingerprint density at radius 3 is 2.58 bits per heavy atom. The lowest BCUT2D eigenvalue weighted by Gasteiger charge is -2.26. The molecule has 1 aliphatic rings. The third-order valence-electron chi connectivity index (χ3n) is 5.95. The van der Waals surface area contributed by atoms with Crippen molar-refractivity contribution >= 4 is 5.91 Å². The molecule has 5 rings (SSSR count). The highest BCUT2D eigenvalue weighted by Crippen LogP contribution is 2.43. The summed E-state index contributed by atoms with van der Waals surface area (Å²) < 4.78 is 5.85. The van der Waals surface area contributed by atoms with Crippen molar-refractivity contribution in [3.63, 3.8) is 0 Å². The largest absolute Gasteiger partial charge is 0.494 e. The van der Waals surface area contributed by atoms with Gasteiger partial charge in [0.15, 0.2) is 0 Å². The van der Waals surface area contributed by atoms with E-state index in [9.17, 15) is 4.79 Å². The topological polar surface area (TPSA) is 71.1 Å². The molecule has 1 aliphatic heterocycles. The van der Waals surface area contributed by atoms with Gasteiger partial charge >= 0.3 is 0 Å². The minimum Gasteiger partial charge on any atom is -0.494 e. The van der Waals surface area contributed by atoms with Crippen LogP contribution < -0.4 is 4.74 Å². The summed E-state index contributed by atoms with van der Waals surface area (Å²) in [5, 5.41) is 7.55. The number of nitrogens with one attached hydrogen (secondary N) is 1. The molecule has 0 bridgehead atoms. The lowest BCUT2D eigenvalue weighted by molar-refractivity contribution is 0.0730.